The summed E-state index contributed by atoms with van der Waals surface area (Å²) in [5.41, 5.74) is 5.61. The number of hydrogen-bond acceptors (Lipinski definition) is 3. The molecule has 1 aromatic carbocycles. The van der Waals surface area contributed by atoms with Crippen molar-refractivity contribution in [3.63, 3.8) is 0 Å². The molecular formula is C13H18N2O. The van der Waals surface area contributed by atoms with Crippen molar-refractivity contribution in [2.45, 2.75) is 33.6 Å². The molecule has 86 valence electrons. The number of nitrogens with zero attached hydrogens (tertiary/aromatic N) is 1. The van der Waals surface area contributed by atoms with Crippen molar-refractivity contribution in [2.75, 3.05) is 5.43 Å². The third-order valence-electron chi connectivity index (χ3n) is 2.26. The van der Waals surface area contributed by atoms with Crippen LogP contribution in [0.5, 0.6) is 0 Å². The van der Waals surface area contributed by atoms with Crippen LogP contribution in [0.25, 0.3) is 0 Å². The highest BCUT2D eigenvalue weighted by molar-refractivity contribution is 6.39. The molecule has 0 fully saturated rings. The summed E-state index contributed by atoms with van der Waals surface area (Å²) in [7, 11) is 0. The molecule has 0 heterocycles. The van der Waals surface area contributed by atoms with Crippen molar-refractivity contribution in [2.24, 2.45) is 5.10 Å². The van der Waals surface area contributed by atoms with Crippen molar-refractivity contribution in [1.82, 2.24) is 0 Å². The first kappa shape index (κ1) is 12.4. The first-order valence-corrected chi connectivity index (χ1v) is 5.53. The van der Waals surface area contributed by atoms with Crippen LogP contribution in [-0.2, 0) is 4.79 Å². The summed E-state index contributed by atoms with van der Waals surface area (Å²) in [6.45, 7) is 5.61. The monoisotopic (exact) mass is 218 g/mol. The predicted octanol–water partition coefficient (Wildman–Crippen LogP) is 3.15. The summed E-state index contributed by atoms with van der Waals surface area (Å²) in [4.78, 5) is 11.2. The van der Waals surface area contributed by atoms with Gasteiger partial charge in [-0.1, -0.05) is 31.0 Å². The Morgan fingerprint density at radius 1 is 1.31 bits per heavy atom. The molecule has 0 bridgehead atoms. The lowest BCUT2D eigenvalue weighted by molar-refractivity contribution is -0.111. The van der Waals surface area contributed by atoms with Gasteiger partial charge in [-0.15, -0.1) is 0 Å². The fourth-order valence-electron chi connectivity index (χ4n) is 1.31. The normalized spacial score (nSPS) is 11.3. The number of carbonyl (C=O) groups excluding carboxylic acids is 1. The van der Waals surface area contributed by atoms with Gasteiger partial charge in [-0.25, -0.2) is 0 Å². The Bertz CT molecular complexity index is 379. The molecule has 0 atom stereocenters. The number of hydrazone groups is 1. The Morgan fingerprint density at radius 2 is 1.94 bits per heavy atom. The van der Waals surface area contributed by atoms with Crippen LogP contribution in [0.2, 0.25) is 0 Å². The number of rotatable bonds is 5. The Morgan fingerprint density at radius 3 is 2.44 bits per heavy atom. The summed E-state index contributed by atoms with van der Waals surface area (Å²) in [6, 6.07) is 7.90. The van der Waals surface area contributed by atoms with Gasteiger partial charge in [0.1, 0.15) is 5.71 Å². The van der Waals surface area contributed by atoms with Gasteiger partial charge in [0.25, 0.3) is 0 Å². The summed E-state index contributed by atoms with van der Waals surface area (Å²) >= 11 is 0. The average molecular weight is 218 g/mol. The summed E-state index contributed by atoms with van der Waals surface area (Å²) in [6.07, 6.45) is 1.64. The maximum absolute atomic E-state index is 11.2. The van der Waals surface area contributed by atoms with E-state index in [0.29, 0.717) is 12.1 Å². The molecule has 0 aromatic heterocycles. The highest BCUT2D eigenvalue weighted by atomic mass is 16.1. The summed E-state index contributed by atoms with van der Waals surface area (Å²) in [5, 5.41) is 4.13. The Kier molecular flexibility index (Phi) is 4.70. The number of aryl methyl sites for hydroxylation is 1. The molecule has 0 aliphatic heterocycles. The molecule has 0 saturated carbocycles. The highest BCUT2D eigenvalue weighted by Crippen LogP contribution is 2.08. The van der Waals surface area contributed by atoms with Gasteiger partial charge in [0.2, 0.25) is 0 Å². The molecule has 0 amide bonds. The first-order chi connectivity index (χ1) is 7.63. The third kappa shape index (κ3) is 3.85. The molecule has 1 aromatic rings. The number of nitrogens with one attached hydrogen (secondary N) is 1. The fraction of sp³-hybridized carbons (Fsp3) is 0.385. The number of benzene rings is 1. The van der Waals surface area contributed by atoms with E-state index in [1.54, 1.807) is 6.92 Å². The molecule has 1 N–H and O–H groups in total. The van der Waals surface area contributed by atoms with Crippen molar-refractivity contribution < 1.29 is 4.79 Å². The molecule has 3 nitrogen and oxygen atoms in total. The van der Waals surface area contributed by atoms with Crippen LogP contribution in [0.4, 0.5) is 5.69 Å². The van der Waals surface area contributed by atoms with E-state index in [2.05, 4.69) is 10.5 Å². The molecular weight excluding hydrogens is 200 g/mol. The van der Waals surface area contributed by atoms with E-state index in [1.165, 1.54) is 5.56 Å². The van der Waals surface area contributed by atoms with Crippen LogP contribution in [0, 0.1) is 6.92 Å². The maximum Gasteiger partial charge on any atom is 0.175 e. The topological polar surface area (TPSA) is 41.5 Å². The van der Waals surface area contributed by atoms with Crippen molar-refractivity contribution >= 4 is 17.2 Å². The van der Waals surface area contributed by atoms with E-state index < -0.39 is 0 Å². The second-order valence-electron chi connectivity index (χ2n) is 3.84. The SMILES string of the molecule is CCC/C(=N\Nc1ccc(C)cc1)C(C)=O. The zero-order valence-corrected chi connectivity index (χ0v) is 10.1. The van der Waals surface area contributed by atoms with E-state index in [1.807, 2.05) is 38.1 Å². The van der Waals surface area contributed by atoms with Crippen LogP contribution in [0.3, 0.4) is 0 Å². The van der Waals surface area contributed by atoms with Gasteiger partial charge in [-0.05, 0) is 25.5 Å². The van der Waals surface area contributed by atoms with Crippen molar-refractivity contribution in [3.05, 3.63) is 29.8 Å². The average Bonchev–Trinajstić information content (AvgIpc) is 2.26. The van der Waals surface area contributed by atoms with Gasteiger partial charge in [0, 0.05) is 6.92 Å². The number of anilines is 1. The lowest BCUT2D eigenvalue weighted by Gasteiger charge is -2.03. The van der Waals surface area contributed by atoms with Crippen LogP contribution in [0.1, 0.15) is 32.3 Å². The number of carbonyl (C=O) groups is 1. The molecule has 1 rings (SSSR count). The molecule has 0 aliphatic carbocycles. The van der Waals surface area contributed by atoms with E-state index in [9.17, 15) is 4.79 Å². The van der Waals surface area contributed by atoms with Crippen LogP contribution in [0.15, 0.2) is 29.4 Å². The smallest absolute Gasteiger partial charge is 0.175 e. The summed E-state index contributed by atoms with van der Waals surface area (Å²) < 4.78 is 0. The van der Waals surface area contributed by atoms with Gasteiger partial charge < -0.3 is 0 Å². The van der Waals surface area contributed by atoms with E-state index >= 15 is 0 Å². The fourth-order valence-corrected chi connectivity index (χ4v) is 1.31. The van der Waals surface area contributed by atoms with Crippen LogP contribution >= 0.6 is 0 Å². The molecule has 0 saturated heterocycles. The zero-order chi connectivity index (χ0) is 12.0. The minimum Gasteiger partial charge on any atom is -0.293 e. The Hall–Kier alpha value is -1.64. The molecule has 16 heavy (non-hydrogen) atoms. The molecule has 0 radical (unpaired) electrons. The maximum atomic E-state index is 11.2. The van der Waals surface area contributed by atoms with Gasteiger partial charge in [0.05, 0.1) is 5.69 Å². The molecule has 3 heteroatoms. The van der Waals surface area contributed by atoms with E-state index in [4.69, 9.17) is 0 Å². The zero-order valence-electron chi connectivity index (χ0n) is 10.1. The molecule has 0 spiro atoms. The highest BCUT2D eigenvalue weighted by Gasteiger charge is 2.03. The van der Waals surface area contributed by atoms with E-state index in [-0.39, 0.29) is 5.78 Å². The lowest BCUT2D eigenvalue weighted by atomic mass is 10.2. The van der Waals surface area contributed by atoms with Crippen molar-refractivity contribution in [3.8, 4) is 0 Å². The largest absolute Gasteiger partial charge is 0.293 e. The second-order valence-corrected chi connectivity index (χ2v) is 3.84. The van der Waals surface area contributed by atoms with Crippen LogP contribution < -0.4 is 5.43 Å². The van der Waals surface area contributed by atoms with E-state index in [0.717, 1.165) is 12.1 Å². The Labute approximate surface area is 96.6 Å². The summed E-state index contributed by atoms with van der Waals surface area (Å²) in [5.74, 6) is 0.0291. The molecule has 0 unspecified atom stereocenters. The third-order valence-corrected chi connectivity index (χ3v) is 2.26. The van der Waals surface area contributed by atoms with Gasteiger partial charge >= 0.3 is 0 Å². The van der Waals surface area contributed by atoms with Gasteiger partial charge in [0.15, 0.2) is 5.78 Å². The molecule has 0 aliphatic rings. The van der Waals surface area contributed by atoms with Crippen molar-refractivity contribution in [1.29, 1.82) is 0 Å². The standard InChI is InChI=1S/C13H18N2O/c1-4-5-13(11(3)16)15-14-12-8-6-10(2)7-9-12/h6-9,14H,4-5H2,1-3H3/b15-13+. The minimum absolute atomic E-state index is 0.0291. The predicted molar refractivity (Wildman–Crippen MR) is 67.8 cm³/mol. The second kappa shape index (κ2) is 6.05. The van der Waals surface area contributed by atoms with Gasteiger partial charge in [-0.3, -0.25) is 10.2 Å². The quantitative estimate of drug-likeness (QED) is 0.609. The van der Waals surface area contributed by atoms with Crippen LogP contribution in [-0.4, -0.2) is 11.5 Å². The number of ketones is 1. The Balaban J connectivity index is 2.69. The number of hydrogen-bond donors (Lipinski definition) is 1. The minimum atomic E-state index is 0.0291. The van der Waals surface area contributed by atoms with Gasteiger partial charge in [-0.2, -0.15) is 5.10 Å². The first-order valence-electron chi connectivity index (χ1n) is 5.53. The lowest BCUT2D eigenvalue weighted by Crippen LogP contribution is -2.11. The number of Topliss-reactive ketones (excluding diaryl/α,β-unsaturated/α-hetero) is 1.